The number of carboxylic acid groups (broad SMARTS) is 2. The number of aliphatic carboxylic acids is 2. The first-order chi connectivity index (χ1) is 18.7. The van der Waals surface area contributed by atoms with Gasteiger partial charge in [-0.1, -0.05) is 30.0 Å². The zero-order valence-corrected chi connectivity index (χ0v) is 20.5. The van der Waals surface area contributed by atoms with Crippen LogP contribution in [0.3, 0.4) is 0 Å². The minimum Gasteiger partial charge on any atom is -0.475 e. The van der Waals surface area contributed by atoms with E-state index in [2.05, 4.69) is 31.7 Å². The second kappa shape index (κ2) is 13.8. The fourth-order valence-corrected chi connectivity index (χ4v) is 3.53. The number of allylic oxidation sites excluding steroid dienone is 1. The number of hydrogen-bond donors (Lipinski definition) is 4. The summed E-state index contributed by atoms with van der Waals surface area (Å²) in [6, 6.07) is 15.8. The first kappa shape index (κ1) is 31.4. The standard InChI is InChI=1S/C19H14N6S.2C2HF3O2/c20-10-14(18-24-16-5-1-2-6-17(16)26-18)15-7-9-22-19(25-15)23-12-13-4-3-8-21-11-13;2*3-2(4,5)1(6)7/h1-9,11,24H,12H2,(H,22,23,25);2*(H,6,7)/b18-14+;;. The third kappa shape index (κ3) is 9.79. The predicted octanol–water partition coefficient (Wildman–Crippen LogP) is 5.16. The van der Waals surface area contributed by atoms with Gasteiger partial charge < -0.3 is 20.8 Å². The summed E-state index contributed by atoms with van der Waals surface area (Å²) < 4.78 is 63.5. The zero-order valence-electron chi connectivity index (χ0n) is 19.7. The predicted molar refractivity (Wildman–Crippen MR) is 129 cm³/mol. The number of anilines is 2. The van der Waals surface area contributed by atoms with Crippen molar-refractivity contribution in [2.24, 2.45) is 0 Å². The van der Waals surface area contributed by atoms with Crippen molar-refractivity contribution in [3.8, 4) is 6.07 Å². The Labute approximate surface area is 225 Å². The lowest BCUT2D eigenvalue weighted by Crippen LogP contribution is -2.21. The molecule has 0 amide bonds. The summed E-state index contributed by atoms with van der Waals surface area (Å²) in [6.07, 6.45) is -5.00. The molecule has 0 bridgehead atoms. The third-order valence-corrected chi connectivity index (χ3v) is 5.34. The number of rotatable bonds is 4. The van der Waals surface area contributed by atoms with E-state index in [1.54, 1.807) is 24.7 Å². The summed E-state index contributed by atoms with van der Waals surface area (Å²) in [7, 11) is 0. The fraction of sp³-hybridized carbons (Fsp3) is 0.130. The molecule has 0 fully saturated rings. The van der Waals surface area contributed by atoms with Gasteiger partial charge in [0.25, 0.3) is 0 Å². The first-order valence-corrected chi connectivity index (χ1v) is 11.3. The van der Waals surface area contributed by atoms with Gasteiger partial charge in [-0.05, 0) is 29.8 Å². The maximum absolute atomic E-state index is 10.6. The molecule has 0 saturated heterocycles. The molecule has 0 saturated carbocycles. The SMILES string of the molecule is N#C/C(=C1/Nc2ccccc2S1)c1ccnc(NCc2cccnc2)n1.O=C(O)C(F)(F)F.O=C(O)C(F)(F)F. The summed E-state index contributed by atoms with van der Waals surface area (Å²) >= 11 is 1.54. The second-order valence-electron chi connectivity index (χ2n) is 7.13. The third-order valence-electron chi connectivity index (χ3n) is 4.26. The number of nitrogens with zero attached hydrogens (tertiary/aromatic N) is 4. The Morgan fingerprint density at radius 3 is 2.12 bits per heavy atom. The Morgan fingerprint density at radius 2 is 1.60 bits per heavy atom. The number of carboxylic acids is 2. The van der Waals surface area contributed by atoms with Crippen LogP contribution in [0.4, 0.5) is 38.0 Å². The molecular weight excluding hydrogens is 570 g/mol. The van der Waals surface area contributed by atoms with Crippen molar-refractivity contribution in [1.82, 2.24) is 15.0 Å². The number of nitriles is 1. The molecule has 1 aliphatic heterocycles. The van der Waals surface area contributed by atoms with Crippen molar-refractivity contribution >= 4 is 40.9 Å². The number of carbonyl (C=O) groups is 2. The highest BCUT2D eigenvalue weighted by Crippen LogP contribution is 2.43. The number of aromatic nitrogens is 3. The Kier molecular flexibility index (Phi) is 10.8. The van der Waals surface area contributed by atoms with Gasteiger partial charge in [0, 0.05) is 30.0 Å². The van der Waals surface area contributed by atoms with Gasteiger partial charge in [0.1, 0.15) is 11.6 Å². The molecule has 0 radical (unpaired) electrons. The number of nitrogens with one attached hydrogen (secondary N) is 2. The molecule has 3 aromatic rings. The molecule has 17 heteroatoms. The molecule has 3 heterocycles. The van der Waals surface area contributed by atoms with Crippen LogP contribution in [0.15, 0.2) is 71.0 Å². The monoisotopic (exact) mass is 586 g/mol. The smallest absolute Gasteiger partial charge is 0.475 e. The summed E-state index contributed by atoms with van der Waals surface area (Å²) in [5.41, 5.74) is 3.12. The normalized spacial score (nSPS) is 13.1. The maximum atomic E-state index is 10.6. The molecule has 0 unspecified atom stereocenters. The van der Waals surface area contributed by atoms with E-state index in [1.165, 1.54) is 11.8 Å². The van der Waals surface area contributed by atoms with Crippen molar-refractivity contribution in [2.75, 3.05) is 10.6 Å². The number of halogens is 6. The molecule has 0 atom stereocenters. The van der Waals surface area contributed by atoms with E-state index in [4.69, 9.17) is 19.8 Å². The van der Waals surface area contributed by atoms with Gasteiger partial charge in [-0.15, -0.1) is 0 Å². The fourth-order valence-electron chi connectivity index (χ4n) is 2.52. The molecule has 0 spiro atoms. The molecule has 0 aliphatic carbocycles. The van der Waals surface area contributed by atoms with E-state index >= 15 is 0 Å². The highest BCUT2D eigenvalue weighted by molar-refractivity contribution is 8.04. The minimum absolute atomic E-state index is 0.472. The quantitative estimate of drug-likeness (QED) is 0.236. The van der Waals surface area contributed by atoms with Crippen molar-refractivity contribution in [2.45, 2.75) is 23.8 Å². The zero-order chi connectivity index (χ0) is 29.9. The lowest BCUT2D eigenvalue weighted by molar-refractivity contribution is -0.193. The topological polar surface area (TPSA) is 161 Å². The first-order valence-electron chi connectivity index (χ1n) is 10.5. The van der Waals surface area contributed by atoms with E-state index in [0.29, 0.717) is 23.8 Å². The van der Waals surface area contributed by atoms with Gasteiger partial charge in [0.2, 0.25) is 5.95 Å². The van der Waals surface area contributed by atoms with Crippen LogP contribution in [0.1, 0.15) is 11.3 Å². The molecule has 10 nitrogen and oxygen atoms in total. The maximum Gasteiger partial charge on any atom is 0.490 e. The number of alkyl halides is 6. The summed E-state index contributed by atoms with van der Waals surface area (Å²) in [5, 5.41) is 31.2. The molecule has 1 aliphatic rings. The number of para-hydroxylation sites is 1. The average molecular weight is 586 g/mol. The van der Waals surface area contributed by atoms with Crippen LogP contribution >= 0.6 is 11.8 Å². The summed E-state index contributed by atoms with van der Waals surface area (Å²) in [5.74, 6) is -5.04. The van der Waals surface area contributed by atoms with Crippen molar-refractivity contribution in [3.63, 3.8) is 0 Å². The molecule has 40 heavy (non-hydrogen) atoms. The van der Waals surface area contributed by atoms with Crippen LogP contribution < -0.4 is 10.6 Å². The van der Waals surface area contributed by atoms with E-state index in [9.17, 15) is 31.6 Å². The Bertz CT molecular complexity index is 1360. The second-order valence-corrected chi connectivity index (χ2v) is 8.18. The Balaban J connectivity index is 0.000000333. The molecule has 1 aromatic carbocycles. The van der Waals surface area contributed by atoms with Crippen LogP contribution in [0.25, 0.3) is 5.57 Å². The van der Waals surface area contributed by atoms with E-state index in [1.807, 2.05) is 36.4 Å². The van der Waals surface area contributed by atoms with Crippen LogP contribution in [0, 0.1) is 11.3 Å². The Hall–Kier alpha value is -4.85. The van der Waals surface area contributed by atoms with Crippen LogP contribution in [-0.2, 0) is 16.1 Å². The van der Waals surface area contributed by atoms with Crippen molar-refractivity contribution < 1.29 is 46.1 Å². The summed E-state index contributed by atoms with van der Waals surface area (Å²) in [6.45, 7) is 0.564. The average Bonchev–Trinajstić information content (AvgIpc) is 3.32. The van der Waals surface area contributed by atoms with E-state index < -0.39 is 24.3 Å². The van der Waals surface area contributed by atoms with Crippen LogP contribution in [0.5, 0.6) is 0 Å². The molecular formula is C23H16F6N6O4S. The van der Waals surface area contributed by atoms with Crippen molar-refractivity contribution in [1.29, 1.82) is 5.26 Å². The van der Waals surface area contributed by atoms with Crippen LogP contribution in [-0.4, -0.2) is 49.5 Å². The van der Waals surface area contributed by atoms with Gasteiger partial charge in [-0.2, -0.15) is 31.6 Å². The number of thioether (sulfide) groups is 1. The molecule has 210 valence electrons. The van der Waals surface area contributed by atoms with Gasteiger partial charge in [-0.3, -0.25) is 4.98 Å². The lowest BCUT2D eigenvalue weighted by atomic mass is 10.2. The molecule has 4 N–H and O–H groups in total. The van der Waals surface area contributed by atoms with Gasteiger partial charge in [0.15, 0.2) is 0 Å². The highest BCUT2D eigenvalue weighted by atomic mass is 32.2. The van der Waals surface area contributed by atoms with Crippen molar-refractivity contribution in [3.05, 3.63) is 77.3 Å². The highest BCUT2D eigenvalue weighted by Gasteiger charge is 2.38. The lowest BCUT2D eigenvalue weighted by Gasteiger charge is -2.07. The van der Waals surface area contributed by atoms with Crippen LogP contribution in [0.2, 0.25) is 0 Å². The number of benzene rings is 1. The van der Waals surface area contributed by atoms with E-state index in [0.717, 1.165) is 21.2 Å². The van der Waals surface area contributed by atoms with Gasteiger partial charge >= 0.3 is 24.3 Å². The minimum atomic E-state index is -5.08. The molecule has 2 aromatic heterocycles. The number of pyridine rings is 1. The number of hydrogen-bond acceptors (Lipinski definition) is 9. The largest absolute Gasteiger partial charge is 0.490 e. The Morgan fingerprint density at radius 1 is 0.975 bits per heavy atom. The van der Waals surface area contributed by atoms with E-state index in [-0.39, 0.29) is 0 Å². The van der Waals surface area contributed by atoms with Gasteiger partial charge in [-0.25, -0.2) is 19.6 Å². The van der Waals surface area contributed by atoms with Gasteiger partial charge in [0.05, 0.1) is 16.4 Å². The number of fused-ring (bicyclic) bond motifs is 1. The summed E-state index contributed by atoms with van der Waals surface area (Å²) in [4.78, 5) is 31.7. The molecule has 4 rings (SSSR count).